The second-order valence-corrected chi connectivity index (χ2v) is 5.99. The molecule has 2 amide bonds. The van der Waals surface area contributed by atoms with Crippen LogP contribution >= 0.6 is 0 Å². The first kappa shape index (κ1) is 15.6. The minimum absolute atomic E-state index is 0.107. The minimum Gasteiger partial charge on any atom is -0.461 e. The summed E-state index contributed by atoms with van der Waals surface area (Å²) in [6.45, 7) is 4.61. The van der Waals surface area contributed by atoms with Gasteiger partial charge in [0.15, 0.2) is 5.60 Å². The van der Waals surface area contributed by atoms with E-state index in [1.54, 1.807) is 31.0 Å². The fourth-order valence-electron chi connectivity index (χ4n) is 2.94. The van der Waals surface area contributed by atoms with E-state index in [-0.39, 0.29) is 18.4 Å². The van der Waals surface area contributed by atoms with Crippen LogP contribution in [0.2, 0.25) is 0 Å². The number of carbonyl (C=O) groups is 2. The molecule has 1 fully saturated rings. The number of amides is 2. The number of rotatable bonds is 2. The molecule has 0 spiro atoms. The van der Waals surface area contributed by atoms with Crippen LogP contribution in [0.3, 0.4) is 0 Å². The fraction of sp³-hybridized carbons (Fsp3) is 0.412. The molecule has 122 valence electrons. The smallest absolute Gasteiger partial charge is 0.254 e. The van der Waals surface area contributed by atoms with Crippen molar-refractivity contribution >= 4 is 22.8 Å². The standard InChI is InChI=1S/C17H20N2O4/c1-11-8-13-9-12(4-5-14(13)23-11)15(20)19-6-7-22-17(2,10-19)16(21)18-3/h4-5,8-9H,6-7,10H2,1-3H3,(H,18,21)/t17-/m0/s1. The summed E-state index contributed by atoms with van der Waals surface area (Å²) in [5, 5.41) is 3.49. The van der Waals surface area contributed by atoms with E-state index in [0.717, 1.165) is 16.7 Å². The molecule has 1 aliphatic heterocycles. The molecule has 0 radical (unpaired) electrons. The van der Waals surface area contributed by atoms with Gasteiger partial charge in [-0.25, -0.2) is 0 Å². The van der Waals surface area contributed by atoms with Gasteiger partial charge in [-0.2, -0.15) is 0 Å². The van der Waals surface area contributed by atoms with E-state index < -0.39 is 5.60 Å². The van der Waals surface area contributed by atoms with Crippen LogP contribution in [-0.4, -0.2) is 49.1 Å². The fourth-order valence-corrected chi connectivity index (χ4v) is 2.94. The highest BCUT2D eigenvalue weighted by Gasteiger charge is 2.40. The molecular weight excluding hydrogens is 296 g/mol. The number of carbonyl (C=O) groups excluding carboxylic acids is 2. The van der Waals surface area contributed by atoms with Crippen LogP contribution in [0.1, 0.15) is 23.0 Å². The Balaban J connectivity index is 1.84. The van der Waals surface area contributed by atoms with Crippen LogP contribution in [0.25, 0.3) is 11.0 Å². The van der Waals surface area contributed by atoms with Crippen LogP contribution in [0.4, 0.5) is 0 Å². The molecule has 0 bridgehead atoms. The number of morpholine rings is 1. The van der Waals surface area contributed by atoms with Crippen LogP contribution in [-0.2, 0) is 9.53 Å². The Morgan fingerprint density at radius 2 is 2.09 bits per heavy atom. The molecule has 0 aliphatic carbocycles. The highest BCUT2D eigenvalue weighted by Crippen LogP contribution is 2.23. The maximum absolute atomic E-state index is 12.8. The molecule has 2 aromatic rings. The SMILES string of the molecule is CNC(=O)[C@]1(C)CN(C(=O)c2ccc3oc(C)cc3c2)CCO1. The molecule has 1 aromatic heterocycles. The van der Waals surface area contributed by atoms with Crippen molar-refractivity contribution < 1.29 is 18.7 Å². The zero-order chi connectivity index (χ0) is 16.6. The monoisotopic (exact) mass is 316 g/mol. The summed E-state index contributed by atoms with van der Waals surface area (Å²) in [5.74, 6) is 0.475. The van der Waals surface area contributed by atoms with Gasteiger partial charge in [0.1, 0.15) is 11.3 Å². The Bertz CT molecular complexity index is 767. The lowest BCUT2D eigenvalue weighted by atomic mass is 10.0. The summed E-state index contributed by atoms with van der Waals surface area (Å²) in [7, 11) is 1.56. The first-order chi connectivity index (χ1) is 10.9. The molecular formula is C17H20N2O4. The van der Waals surface area contributed by atoms with Crippen LogP contribution in [0.15, 0.2) is 28.7 Å². The van der Waals surface area contributed by atoms with E-state index in [1.165, 1.54) is 0 Å². The number of nitrogens with one attached hydrogen (secondary N) is 1. The number of likely N-dealkylation sites (N-methyl/N-ethyl adjacent to an activating group) is 1. The molecule has 6 nitrogen and oxygen atoms in total. The van der Waals surface area contributed by atoms with E-state index in [9.17, 15) is 9.59 Å². The molecule has 1 saturated heterocycles. The molecule has 1 atom stereocenters. The third-order valence-electron chi connectivity index (χ3n) is 4.16. The first-order valence-corrected chi connectivity index (χ1v) is 7.58. The molecule has 1 aliphatic rings. The summed E-state index contributed by atoms with van der Waals surface area (Å²) in [6.07, 6.45) is 0. The minimum atomic E-state index is -1.01. The second-order valence-electron chi connectivity index (χ2n) is 5.99. The van der Waals surface area contributed by atoms with Crippen molar-refractivity contribution in [2.24, 2.45) is 0 Å². The van der Waals surface area contributed by atoms with E-state index in [2.05, 4.69) is 5.32 Å². The molecule has 23 heavy (non-hydrogen) atoms. The normalized spacial score (nSPS) is 21.4. The number of fused-ring (bicyclic) bond motifs is 1. The lowest BCUT2D eigenvalue weighted by Gasteiger charge is -2.39. The van der Waals surface area contributed by atoms with E-state index in [0.29, 0.717) is 18.7 Å². The topological polar surface area (TPSA) is 71.8 Å². The molecule has 1 N–H and O–H groups in total. The molecule has 0 unspecified atom stereocenters. The maximum atomic E-state index is 12.8. The van der Waals surface area contributed by atoms with Gasteiger partial charge in [0.05, 0.1) is 13.2 Å². The molecule has 0 saturated carbocycles. The van der Waals surface area contributed by atoms with Gasteiger partial charge in [0, 0.05) is 24.5 Å². The summed E-state index contributed by atoms with van der Waals surface area (Å²) < 4.78 is 11.1. The Hall–Kier alpha value is -2.34. The number of aryl methyl sites for hydroxylation is 1. The van der Waals surface area contributed by atoms with Crippen LogP contribution in [0, 0.1) is 6.92 Å². The highest BCUT2D eigenvalue weighted by atomic mass is 16.5. The van der Waals surface area contributed by atoms with Crippen molar-refractivity contribution in [3.05, 3.63) is 35.6 Å². The van der Waals surface area contributed by atoms with Crippen LogP contribution in [0.5, 0.6) is 0 Å². The summed E-state index contributed by atoms with van der Waals surface area (Å²) >= 11 is 0. The lowest BCUT2D eigenvalue weighted by molar-refractivity contribution is -0.153. The van der Waals surface area contributed by atoms with Crippen molar-refractivity contribution in [1.82, 2.24) is 10.2 Å². The second kappa shape index (κ2) is 5.70. The zero-order valence-electron chi connectivity index (χ0n) is 13.5. The van der Waals surface area contributed by atoms with Gasteiger partial charge in [-0.05, 0) is 38.1 Å². The summed E-state index contributed by atoms with van der Waals surface area (Å²) in [5.41, 5.74) is 0.328. The van der Waals surface area contributed by atoms with Crippen LogP contribution < -0.4 is 5.32 Å². The Morgan fingerprint density at radius 3 is 2.83 bits per heavy atom. The number of benzene rings is 1. The van der Waals surface area contributed by atoms with Gasteiger partial charge in [0.25, 0.3) is 11.8 Å². The average Bonchev–Trinajstić information content (AvgIpc) is 2.92. The van der Waals surface area contributed by atoms with Crippen molar-refractivity contribution in [3.63, 3.8) is 0 Å². The maximum Gasteiger partial charge on any atom is 0.254 e. The lowest BCUT2D eigenvalue weighted by Crippen LogP contribution is -2.58. The van der Waals surface area contributed by atoms with E-state index in [4.69, 9.17) is 9.15 Å². The molecule has 2 heterocycles. The van der Waals surface area contributed by atoms with E-state index >= 15 is 0 Å². The largest absolute Gasteiger partial charge is 0.461 e. The van der Waals surface area contributed by atoms with E-state index in [1.807, 2.05) is 19.1 Å². The molecule has 6 heteroatoms. The number of hydrogen-bond donors (Lipinski definition) is 1. The highest BCUT2D eigenvalue weighted by molar-refractivity contribution is 5.98. The Morgan fingerprint density at radius 1 is 1.30 bits per heavy atom. The van der Waals surface area contributed by atoms with Crippen molar-refractivity contribution in [1.29, 1.82) is 0 Å². The predicted octanol–water partition coefficient (Wildman–Crippen LogP) is 1.72. The number of furan rings is 1. The number of hydrogen-bond acceptors (Lipinski definition) is 4. The third kappa shape index (κ3) is 2.82. The Labute approximate surface area is 134 Å². The first-order valence-electron chi connectivity index (χ1n) is 7.58. The third-order valence-corrected chi connectivity index (χ3v) is 4.16. The molecule has 3 rings (SSSR count). The van der Waals surface area contributed by atoms with Gasteiger partial charge in [-0.15, -0.1) is 0 Å². The molecule has 1 aromatic carbocycles. The van der Waals surface area contributed by atoms with Gasteiger partial charge in [-0.1, -0.05) is 0 Å². The van der Waals surface area contributed by atoms with Gasteiger partial charge < -0.3 is 19.4 Å². The quantitative estimate of drug-likeness (QED) is 0.916. The van der Waals surface area contributed by atoms with Gasteiger partial charge in [-0.3, -0.25) is 9.59 Å². The zero-order valence-corrected chi connectivity index (χ0v) is 13.5. The Kier molecular flexibility index (Phi) is 3.85. The summed E-state index contributed by atoms with van der Waals surface area (Å²) in [4.78, 5) is 26.4. The van der Waals surface area contributed by atoms with Crippen molar-refractivity contribution in [3.8, 4) is 0 Å². The van der Waals surface area contributed by atoms with Gasteiger partial charge in [0.2, 0.25) is 0 Å². The number of nitrogens with zero attached hydrogens (tertiary/aromatic N) is 1. The number of ether oxygens (including phenoxy) is 1. The van der Waals surface area contributed by atoms with Gasteiger partial charge >= 0.3 is 0 Å². The van der Waals surface area contributed by atoms with Crippen molar-refractivity contribution in [2.45, 2.75) is 19.4 Å². The summed E-state index contributed by atoms with van der Waals surface area (Å²) in [6, 6.07) is 7.27. The average molecular weight is 316 g/mol. The van der Waals surface area contributed by atoms with Crippen molar-refractivity contribution in [2.75, 3.05) is 26.7 Å². The predicted molar refractivity (Wildman–Crippen MR) is 85.3 cm³/mol.